The second kappa shape index (κ2) is 5.83. The third-order valence-corrected chi connectivity index (χ3v) is 4.83. The highest BCUT2D eigenvalue weighted by atomic mass is 16.5. The van der Waals surface area contributed by atoms with Crippen LogP contribution in [0.5, 0.6) is 5.75 Å². The molecule has 1 saturated carbocycles. The zero-order valence-corrected chi connectivity index (χ0v) is 12.3. The Hall–Kier alpha value is -1.22. The molecule has 0 bridgehead atoms. The highest BCUT2D eigenvalue weighted by molar-refractivity contribution is 5.50. The van der Waals surface area contributed by atoms with Gasteiger partial charge in [-0.25, -0.2) is 0 Å². The van der Waals surface area contributed by atoms with Crippen LogP contribution in [-0.2, 0) is 0 Å². The number of nitrogens with two attached hydrogens (primary N) is 1. The van der Waals surface area contributed by atoms with Crippen LogP contribution in [0.3, 0.4) is 0 Å². The standard InChI is InChI=1S/C16H26N2O/c1-12-6-5-9-16(11-17,13(12)2)18-14-7-4-8-15(10-14)19-3/h4,7-8,10,12-13,18H,5-6,9,11,17H2,1-3H3. The maximum Gasteiger partial charge on any atom is 0.120 e. The van der Waals surface area contributed by atoms with Gasteiger partial charge in [-0.05, 0) is 30.4 Å². The summed E-state index contributed by atoms with van der Waals surface area (Å²) in [5.74, 6) is 2.18. The Kier molecular flexibility index (Phi) is 4.35. The van der Waals surface area contributed by atoms with Crippen LogP contribution >= 0.6 is 0 Å². The van der Waals surface area contributed by atoms with Crippen molar-refractivity contribution in [2.75, 3.05) is 19.0 Å². The van der Waals surface area contributed by atoms with Gasteiger partial charge >= 0.3 is 0 Å². The average Bonchev–Trinajstić information content (AvgIpc) is 2.44. The molecule has 0 radical (unpaired) electrons. The first kappa shape index (κ1) is 14.2. The van der Waals surface area contributed by atoms with Gasteiger partial charge in [0, 0.05) is 18.3 Å². The zero-order valence-electron chi connectivity index (χ0n) is 12.3. The number of ether oxygens (including phenoxy) is 1. The fraction of sp³-hybridized carbons (Fsp3) is 0.625. The fourth-order valence-corrected chi connectivity index (χ4v) is 3.27. The van der Waals surface area contributed by atoms with Gasteiger partial charge in [-0.2, -0.15) is 0 Å². The van der Waals surface area contributed by atoms with Gasteiger partial charge in [0.1, 0.15) is 5.75 Å². The Labute approximate surface area is 116 Å². The summed E-state index contributed by atoms with van der Waals surface area (Å²) in [4.78, 5) is 0. The lowest BCUT2D eigenvalue weighted by molar-refractivity contribution is 0.168. The Morgan fingerprint density at radius 3 is 2.89 bits per heavy atom. The number of benzene rings is 1. The summed E-state index contributed by atoms with van der Waals surface area (Å²) in [6.07, 6.45) is 3.70. The second-order valence-corrected chi connectivity index (χ2v) is 5.88. The van der Waals surface area contributed by atoms with Gasteiger partial charge < -0.3 is 15.8 Å². The van der Waals surface area contributed by atoms with Crippen molar-refractivity contribution in [1.29, 1.82) is 0 Å². The summed E-state index contributed by atoms with van der Waals surface area (Å²) in [5, 5.41) is 3.69. The van der Waals surface area contributed by atoms with Crippen LogP contribution in [0, 0.1) is 11.8 Å². The highest BCUT2D eigenvalue weighted by Gasteiger charge is 2.40. The molecule has 0 amide bonds. The van der Waals surface area contributed by atoms with Crippen molar-refractivity contribution in [3.8, 4) is 5.75 Å². The van der Waals surface area contributed by atoms with Crippen LogP contribution in [0.1, 0.15) is 33.1 Å². The molecule has 1 aromatic rings. The fourth-order valence-electron chi connectivity index (χ4n) is 3.27. The molecule has 0 spiro atoms. The number of methoxy groups -OCH3 is 1. The number of nitrogens with one attached hydrogen (secondary N) is 1. The minimum Gasteiger partial charge on any atom is -0.497 e. The Bertz CT molecular complexity index is 421. The molecular weight excluding hydrogens is 236 g/mol. The second-order valence-electron chi connectivity index (χ2n) is 5.88. The molecule has 3 nitrogen and oxygen atoms in total. The smallest absolute Gasteiger partial charge is 0.120 e. The van der Waals surface area contributed by atoms with Crippen LogP contribution in [0.2, 0.25) is 0 Å². The predicted octanol–water partition coefficient (Wildman–Crippen LogP) is 3.26. The molecular formula is C16H26N2O. The molecule has 3 heteroatoms. The van der Waals surface area contributed by atoms with Crippen molar-refractivity contribution >= 4 is 5.69 Å². The van der Waals surface area contributed by atoms with Crippen molar-refractivity contribution in [2.45, 2.75) is 38.6 Å². The Morgan fingerprint density at radius 2 is 2.21 bits per heavy atom. The van der Waals surface area contributed by atoms with E-state index in [1.807, 2.05) is 18.2 Å². The number of rotatable bonds is 4. The Morgan fingerprint density at radius 1 is 1.42 bits per heavy atom. The first-order chi connectivity index (χ1) is 9.11. The molecule has 3 atom stereocenters. The van der Waals surface area contributed by atoms with E-state index in [0.717, 1.165) is 23.8 Å². The monoisotopic (exact) mass is 262 g/mol. The molecule has 0 heterocycles. The first-order valence-electron chi connectivity index (χ1n) is 7.23. The number of anilines is 1. The summed E-state index contributed by atoms with van der Waals surface area (Å²) >= 11 is 0. The lowest BCUT2D eigenvalue weighted by atomic mass is 9.68. The molecule has 0 aromatic heterocycles. The van der Waals surface area contributed by atoms with Gasteiger partial charge in [-0.1, -0.05) is 32.8 Å². The molecule has 3 unspecified atom stereocenters. The maximum absolute atomic E-state index is 6.12. The molecule has 106 valence electrons. The van der Waals surface area contributed by atoms with E-state index in [0.29, 0.717) is 12.5 Å². The van der Waals surface area contributed by atoms with Crippen LogP contribution in [0.25, 0.3) is 0 Å². The van der Waals surface area contributed by atoms with Crippen LogP contribution in [0.15, 0.2) is 24.3 Å². The zero-order chi connectivity index (χ0) is 13.9. The summed E-state index contributed by atoms with van der Waals surface area (Å²) in [6, 6.07) is 8.12. The Balaban J connectivity index is 2.21. The summed E-state index contributed by atoms with van der Waals surface area (Å²) in [7, 11) is 1.70. The predicted molar refractivity (Wildman–Crippen MR) is 80.6 cm³/mol. The van der Waals surface area contributed by atoms with Gasteiger partial charge in [-0.15, -0.1) is 0 Å². The molecule has 0 aliphatic heterocycles. The van der Waals surface area contributed by atoms with Gasteiger partial charge in [0.25, 0.3) is 0 Å². The van der Waals surface area contributed by atoms with Gasteiger partial charge in [0.2, 0.25) is 0 Å². The number of hydrogen-bond acceptors (Lipinski definition) is 3. The highest BCUT2D eigenvalue weighted by Crippen LogP contribution is 2.39. The van der Waals surface area contributed by atoms with Crippen LogP contribution < -0.4 is 15.8 Å². The summed E-state index contributed by atoms with van der Waals surface area (Å²) in [6.45, 7) is 5.33. The van der Waals surface area contributed by atoms with E-state index in [9.17, 15) is 0 Å². The van der Waals surface area contributed by atoms with Crippen molar-refractivity contribution in [3.05, 3.63) is 24.3 Å². The lowest BCUT2D eigenvalue weighted by Gasteiger charge is -2.46. The maximum atomic E-state index is 6.12. The molecule has 1 aromatic carbocycles. The minimum absolute atomic E-state index is 0.0179. The molecule has 19 heavy (non-hydrogen) atoms. The van der Waals surface area contributed by atoms with E-state index in [2.05, 4.69) is 25.2 Å². The molecule has 3 N–H and O–H groups in total. The van der Waals surface area contributed by atoms with E-state index >= 15 is 0 Å². The van der Waals surface area contributed by atoms with Crippen molar-refractivity contribution < 1.29 is 4.74 Å². The third kappa shape index (κ3) is 2.86. The molecule has 2 rings (SSSR count). The van der Waals surface area contributed by atoms with Gasteiger partial charge in [0.05, 0.1) is 12.6 Å². The van der Waals surface area contributed by atoms with Gasteiger partial charge in [0.15, 0.2) is 0 Å². The summed E-state index contributed by atoms with van der Waals surface area (Å²) in [5.41, 5.74) is 7.24. The number of hydrogen-bond donors (Lipinski definition) is 2. The van der Waals surface area contributed by atoms with Crippen LogP contribution in [0.4, 0.5) is 5.69 Å². The lowest BCUT2D eigenvalue weighted by Crippen LogP contribution is -2.54. The largest absolute Gasteiger partial charge is 0.497 e. The molecule has 1 aliphatic carbocycles. The topological polar surface area (TPSA) is 47.3 Å². The summed E-state index contributed by atoms with van der Waals surface area (Å²) < 4.78 is 5.29. The normalized spacial score (nSPS) is 30.9. The first-order valence-corrected chi connectivity index (χ1v) is 7.23. The SMILES string of the molecule is COc1cccc(NC2(CN)CCCC(C)C2C)c1. The van der Waals surface area contributed by atoms with E-state index in [1.54, 1.807) is 7.11 Å². The van der Waals surface area contributed by atoms with E-state index in [1.165, 1.54) is 12.8 Å². The van der Waals surface area contributed by atoms with Crippen molar-refractivity contribution in [3.63, 3.8) is 0 Å². The van der Waals surface area contributed by atoms with E-state index < -0.39 is 0 Å². The third-order valence-electron chi connectivity index (χ3n) is 4.83. The van der Waals surface area contributed by atoms with Crippen LogP contribution in [-0.4, -0.2) is 19.2 Å². The minimum atomic E-state index is 0.0179. The van der Waals surface area contributed by atoms with E-state index in [4.69, 9.17) is 10.5 Å². The quantitative estimate of drug-likeness (QED) is 0.875. The van der Waals surface area contributed by atoms with E-state index in [-0.39, 0.29) is 5.54 Å². The van der Waals surface area contributed by atoms with Gasteiger partial charge in [-0.3, -0.25) is 0 Å². The molecule has 1 fully saturated rings. The molecule has 1 aliphatic rings. The van der Waals surface area contributed by atoms with Crippen molar-refractivity contribution in [2.24, 2.45) is 17.6 Å². The molecule has 0 saturated heterocycles. The van der Waals surface area contributed by atoms with Crippen molar-refractivity contribution in [1.82, 2.24) is 0 Å². The average molecular weight is 262 g/mol.